The molecule has 2 heterocycles. The molecule has 0 unspecified atom stereocenters. The van der Waals surface area contributed by atoms with Crippen LogP contribution in [0.2, 0.25) is 0 Å². The highest BCUT2D eigenvalue weighted by Crippen LogP contribution is 2.54. The first-order valence-electron chi connectivity index (χ1n) is 9.71. The van der Waals surface area contributed by atoms with Crippen molar-refractivity contribution in [2.75, 3.05) is 30.4 Å². The number of hydrogen-bond donors (Lipinski definition) is 1. The molecule has 1 aliphatic carbocycles. The highest BCUT2D eigenvalue weighted by Gasteiger charge is 2.44. The van der Waals surface area contributed by atoms with Crippen LogP contribution >= 0.6 is 0 Å². The summed E-state index contributed by atoms with van der Waals surface area (Å²) in [6.07, 6.45) is 8.47. The molecule has 1 amide bonds. The van der Waals surface area contributed by atoms with Crippen molar-refractivity contribution >= 4 is 23.3 Å². The third-order valence-electron chi connectivity index (χ3n) is 6.07. The van der Waals surface area contributed by atoms with Crippen LogP contribution < -0.4 is 10.2 Å². The summed E-state index contributed by atoms with van der Waals surface area (Å²) in [6, 6.07) is 6.99. The maximum absolute atomic E-state index is 13.0. The maximum atomic E-state index is 13.0. The number of methoxy groups -OCH3 is 1. The number of amides is 1. The second-order valence-corrected chi connectivity index (χ2v) is 7.86. The van der Waals surface area contributed by atoms with E-state index in [-0.39, 0.29) is 5.91 Å². The standard InChI is InChI=1S/C22H25N3O3/c1-15-3-4-16(13-18(15)21(27)28-2)24-20(26)17-5-10-23-14-19(17)25-11-8-22(6-7-22)9-12-25/h3-5,10,13-14H,6-9,11-12H2,1-2H3,(H,24,26). The van der Waals surface area contributed by atoms with Crippen molar-refractivity contribution in [1.29, 1.82) is 0 Å². The van der Waals surface area contributed by atoms with Gasteiger partial charge in [-0.3, -0.25) is 9.78 Å². The van der Waals surface area contributed by atoms with Gasteiger partial charge in [0.1, 0.15) is 0 Å². The minimum Gasteiger partial charge on any atom is -0.465 e. The molecule has 2 fully saturated rings. The molecule has 0 bridgehead atoms. The third-order valence-corrected chi connectivity index (χ3v) is 6.07. The van der Waals surface area contributed by atoms with Crippen molar-refractivity contribution < 1.29 is 14.3 Å². The van der Waals surface area contributed by atoms with Gasteiger partial charge in [-0.25, -0.2) is 4.79 Å². The lowest BCUT2D eigenvalue weighted by Gasteiger charge is -2.34. The van der Waals surface area contributed by atoms with Gasteiger partial charge in [-0.1, -0.05) is 6.07 Å². The number of piperidine rings is 1. The van der Waals surface area contributed by atoms with Crippen LogP contribution in [0.15, 0.2) is 36.7 Å². The van der Waals surface area contributed by atoms with Crippen LogP contribution in [0.1, 0.15) is 52.0 Å². The second-order valence-electron chi connectivity index (χ2n) is 7.86. The fourth-order valence-corrected chi connectivity index (χ4v) is 3.96. The Morgan fingerprint density at radius 3 is 2.54 bits per heavy atom. The Hall–Kier alpha value is -2.89. The van der Waals surface area contributed by atoms with Gasteiger partial charge in [0.25, 0.3) is 5.91 Å². The van der Waals surface area contributed by atoms with E-state index in [9.17, 15) is 9.59 Å². The zero-order valence-electron chi connectivity index (χ0n) is 16.3. The van der Waals surface area contributed by atoms with Crippen LogP contribution in [0.25, 0.3) is 0 Å². The average Bonchev–Trinajstić information content (AvgIpc) is 3.48. The van der Waals surface area contributed by atoms with Gasteiger partial charge in [0.05, 0.1) is 30.1 Å². The van der Waals surface area contributed by atoms with Crippen molar-refractivity contribution in [2.45, 2.75) is 32.6 Å². The lowest BCUT2D eigenvalue weighted by molar-refractivity contribution is 0.0599. The largest absolute Gasteiger partial charge is 0.465 e. The molecule has 1 aromatic heterocycles. The second kappa shape index (κ2) is 7.26. The van der Waals surface area contributed by atoms with Gasteiger partial charge in [-0.2, -0.15) is 0 Å². The lowest BCUT2D eigenvalue weighted by atomic mass is 9.93. The minimum absolute atomic E-state index is 0.205. The van der Waals surface area contributed by atoms with E-state index in [0.717, 1.165) is 24.3 Å². The van der Waals surface area contributed by atoms with Crippen LogP contribution in [-0.2, 0) is 4.74 Å². The highest BCUT2D eigenvalue weighted by molar-refractivity contribution is 6.08. The summed E-state index contributed by atoms with van der Waals surface area (Å²) in [5, 5.41) is 2.91. The first-order valence-corrected chi connectivity index (χ1v) is 9.71. The predicted molar refractivity (Wildman–Crippen MR) is 108 cm³/mol. The lowest BCUT2D eigenvalue weighted by Crippen LogP contribution is -2.35. The monoisotopic (exact) mass is 379 g/mol. The van der Waals surface area contributed by atoms with Crippen molar-refractivity contribution in [3.63, 3.8) is 0 Å². The molecule has 1 spiro atoms. The Balaban J connectivity index is 1.53. The van der Waals surface area contributed by atoms with Gasteiger partial charge in [0.2, 0.25) is 0 Å². The number of hydrogen-bond acceptors (Lipinski definition) is 5. The third kappa shape index (κ3) is 3.59. The molecule has 0 radical (unpaired) electrons. The fourth-order valence-electron chi connectivity index (χ4n) is 3.96. The zero-order chi connectivity index (χ0) is 19.7. The molecule has 1 aliphatic heterocycles. The molecule has 1 saturated carbocycles. The molecule has 1 N–H and O–H groups in total. The van der Waals surface area contributed by atoms with E-state index in [2.05, 4.69) is 15.2 Å². The molecule has 0 atom stereocenters. The number of esters is 1. The predicted octanol–water partition coefficient (Wildman–Crippen LogP) is 3.81. The van der Waals surface area contributed by atoms with Crippen molar-refractivity contribution in [1.82, 2.24) is 4.98 Å². The summed E-state index contributed by atoms with van der Waals surface area (Å²) in [5.41, 5.74) is 3.86. The number of rotatable bonds is 4. The number of carbonyl (C=O) groups is 2. The number of benzene rings is 1. The van der Waals surface area contributed by atoms with Gasteiger partial charge in [-0.05, 0) is 61.8 Å². The summed E-state index contributed by atoms with van der Waals surface area (Å²) < 4.78 is 4.82. The first kappa shape index (κ1) is 18.5. The first-order chi connectivity index (χ1) is 13.5. The number of ether oxygens (including phenoxy) is 1. The summed E-state index contributed by atoms with van der Waals surface area (Å²) in [4.78, 5) is 31.4. The number of nitrogens with zero attached hydrogens (tertiary/aromatic N) is 2. The zero-order valence-corrected chi connectivity index (χ0v) is 16.3. The quantitative estimate of drug-likeness (QED) is 0.818. The Morgan fingerprint density at radius 2 is 1.86 bits per heavy atom. The summed E-state index contributed by atoms with van der Waals surface area (Å²) in [5.74, 6) is -0.621. The maximum Gasteiger partial charge on any atom is 0.338 e. The Bertz CT molecular complexity index is 911. The summed E-state index contributed by atoms with van der Waals surface area (Å²) in [7, 11) is 1.35. The van der Waals surface area contributed by atoms with Crippen molar-refractivity contribution in [3.8, 4) is 0 Å². The van der Waals surface area contributed by atoms with Crippen molar-refractivity contribution in [2.24, 2.45) is 5.41 Å². The van der Waals surface area contributed by atoms with E-state index in [1.165, 1.54) is 32.8 Å². The van der Waals surface area contributed by atoms with Gasteiger partial charge in [0.15, 0.2) is 0 Å². The molecule has 6 heteroatoms. The number of anilines is 2. The van der Waals surface area contributed by atoms with Crippen LogP contribution in [0, 0.1) is 12.3 Å². The Morgan fingerprint density at radius 1 is 1.11 bits per heavy atom. The molecule has 2 aromatic rings. The summed E-state index contributed by atoms with van der Waals surface area (Å²) >= 11 is 0. The summed E-state index contributed by atoms with van der Waals surface area (Å²) in [6.45, 7) is 3.76. The van der Waals surface area contributed by atoms with Crippen LogP contribution in [0.3, 0.4) is 0 Å². The number of pyridine rings is 1. The molecule has 1 saturated heterocycles. The van der Waals surface area contributed by atoms with E-state index in [0.29, 0.717) is 22.2 Å². The van der Waals surface area contributed by atoms with E-state index in [4.69, 9.17) is 4.74 Å². The average molecular weight is 379 g/mol. The number of carbonyl (C=O) groups excluding carboxylic acids is 2. The molecule has 4 rings (SSSR count). The van der Waals surface area contributed by atoms with Gasteiger partial charge in [0, 0.05) is 25.0 Å². The van der Waals surface area contributed by atoms with Gasteiger partial charge < -0.3 is 15.0 Å². The number of aryl methyl sites for hydroxylation is 1. The van der Waals surface area contributed by atoms with Crippen LogP contribution in [0.5, 0.6) is 0 Å². The van der Waals surface area contributed by atoms with Gasteiger partial charge >= 0.3 is 5.97 Å². The Kier molecular flexibility index (Phi) is 4.79. The molecule has 28 heavy (non-hydrogen) atoms. The molecule has 1 aromatic carbocycles. The van der Waals surface area contributed by atoms with E-state index in [1.807, 2.05) is 6.92 Å². The molecule has 6 nitrogen and oxygen atoms in total. The molecular weight excluding hydrogens is 354 g/mol. The fraction of sp³-hybridized carbons (Fsp3) is 0.409. The number of nitrogens with one attached hydrogen (secondary N) is 1. The van der Waals surface area contributed by atoms with Crippen LogP contribution in [-0.4, -0.2) is 37.1 Å². The topological polar surface area (TPSA) is 71.5 Å². The van der Waals surface area contributed by atoms with E-state index >= 15 is 0 Å². The molecule has 146 valence electrons. The smallest absolute Gasteiger partial charge is 0.338 e. The molecular formula is C22H25N3O3. The minimum atomic E-state index is -0.416. The SMILES string of the molecule is COC(=O)c1cc(NC(=O)c2ccncc2N2CCC3(CC2)CC3)ccc1C. The van der Waals surface area contributed by atoms with E-state index in [1.54, 1.807) is 36.7 Å². The van der Waals surface area contributed by atoms with Crippen LogP contribution in [0.4, 0.5) is 11.4 Å². The number of aromatic nitrogens is 1. The molecule has 2 aliphatic rings. The van der Waals surface area contributed by atoms with Crippen molar-refractivity contribution in [3.05, 3.63) is 53.3 Å². The Labute approximate surface area is 164 Å². The van der Waals surface area contributed by atoms with E-state index < -0.39 is 5.97 Å². The highest BCUT2D eigenvalue weighted by atomic mass is 16.5. The van der Waals surface area contributed by atoms with Gasteiger partial charge in [-0.15, -0.1) is 0 Å². The normalized spacial score (nSPS) is 17.3.